The van der Waals surface area contributed by atoms with Crippen LogP contribution in [0, 0.1) is 5.41 Å². The van der Waals surface area contributed by atoms with E-state index in [-0.39, 0.29) is 0 Å². The number of hydrogen-bond donors (Lipinski definition) is 0. The summed E-state index contributed by atoms with van der Waals surface area (Å²) < 4.78 is 0. The molecule has 2 fully saturated rings. The molecule has 3 nitrogen and oxygen atoms in total. The average molecular weight is 342 g/mol. The third kappa shape index (κ3) is 4.29. The number of nitrogens with zero attached hydrogens (tertiary/aromatic N) is 3. The predicted octanol–water partition coefficient (Wildman–Crippen LogP) is 5.38. The minimum absolute atomic E-state index is 0.653. The number of rotatable bonds is 5. The minimum atomic E-state index is 0.653. The lowest BCUT2D eigenvalue weighted by Gasteiger charge is -2.39. The zero-order valence-electron chi connectivity index (χ0n) is 14.6. The smallest absolute Gasteiger partial charge is 0.147 e. The standard InChI is InChI=1S/C20H27N3S/c1-3-4-5-8-17(2)24-19-16-21-18(15-22-19)23-13-11-20(12-14-23)9-6-7-10-20/h3-5,8,15-16H,1,6-7,9-14H2,2H3/b5-4-,17-8+. The number of anilines is 1. The zero-order chi connectivity index (χ0) is 16.8. The molecular weight excluding hydrogens is 314 g/mol. The summed E-state index contributed by atoms with van der Waals surface area (Å²) in [5.41, 5.74) is 0.653. The van der Waals surface area contributed by atoms with Gasteiger partial charge in [-0.3, -0.25) is 0 Å². The van der Waals surface area contributed by atoms with Crippen LogP contribution in [0.1, 0.15) is 45.4 Å². The van der Waals surface area contributed by atoms with Crippen molar-refractivity contribution < 1.29 is 0 Å². The molecule has 1 spiro atoms. The van der Waals surface area contributed by atoms with E-state index in [0.717, 1.165) is 23.9 Å². The van der Waals surface area contributed by atoms with Crippen LogP contribution in [-0.2, 0) is 0 Å². The second kappa shape index (κ2) is 8.02. The van der Waals surface area contributed by atoms with Crippen LogP contribution in [0.3, 0.4) is 0 Å². The van der Waals surface area contributed by atoms with E-state index in [9.17, 15) is 0 Å². The predicted molar refractivity (Wildman–Crippen MR) is 103 cm³/mol. The van der Waals surface area contributed by atoms with Gasteiger partial charge in [0.2, 0.25) is 0 Å². The third-order valence-electron chi connectivity index (χ3n) is 5.27. The molecule has 0 bridgehead atoms. The molecule has 0 N–H and O–H groups in total. The van der Waals surface area contributed by atoms with E-state index >= 15 is 0 Å². The SMILES string of the molecule is C=C/C=C\C=C(/C)Sc1cnc(N2CCC3(CCCC3)CC2)cn1. The Morgan fingerprint density at radius 1 is 1.12 bits per heavy atom. The fraction of sp³-hybridized carbons (Fsp3) is 0.500. The maximum atomic E-state index is 4.65. The van der Waals surface area contributed by atoms with Crippen molar-refractivity contribution in [2.24, 2.45) is 5.41 Å². The van der Waals surface area contributed by atoms with E-state index < -0.39 is 0 Å². The lowest BCUT2D eigenvalue weighted by Crippen LogP contribution is -2.39. The Kier molecular flexibility index (Phi) is 5.77. The van der Waals surface area contributed by atoms with Crippen LogP contribution >= 0.6 is 11.8 Å². The highest BCUT2D eigenvalue weighted by Crippen LogP contribution is 2.46. The fourth-order valence-electron chi connectivity index (χ4n) is 3.83. The van der Waals surface area contributed by atoms with Crippen LogP contribution < -0.4 is 4.90 Å². The molecule has 1 aromatic heterocycles. The molecule has 1 saturated carbocycles. The van der Waals surface area contributed by atoms with Gasteiger partial charge in [0.15, 0.2) is 0 Å². The summed E-state index contributed by atoms with van der Waals surface area (Å²) in [6.45, 7) is 8.01. The molecule has 4 heteroatoms. The second-order valence-electron chi connectivity index (χ2n) is 6.91. The van der Waals surface area contributed by atoms with Crippen LogP contribution in [0.25, 0.3) is 0 Å². The number of hydrogen-bond acceptors (Lipinski definition) is 4. The minimum Gasteiger partial charge on any atom is -0.355 e. The monoisotopic (exact) mass is 341 g/mol. The molecule has 2 aliphatic rings. The number of allylic oxidation sites excluding steroid dienone is 5. The van der Waals surface area contributed by atoms with Gasteiger partial charge < -0.3 is 4.90 Å². The normalized spacial score (nSPS) is 20.9. The van der Waals surface area contributed by atoms with Crippen molar-refractivity contribution in [3.05, 3.63) is 48.2 Å². The van der Waals surface area contributed by atoms with Crippen LogP contribution in [0.2, 0.25) is 0 Å². The summed E-state index contributed by atoms with van der Waals surface area (Å²) in [4.78, 5) is 12.8. The van der Waals surface area contributed by atoms with E-state index in [1.165, 1.54) is 43.4 Å². The first kappa shape index (κ1) is 17.3. The summed E-state index contributed by atoms with van der Waals surface area (Å²) in [7, 11) is 0. The summed E-state index contributed by atoms with van der Waals surface area (Å²) in [6.07, 6.45) is 20.0. The molecule has 1 saturated heterocycles. The van der Waals surface area contributed by atoms with Crippen LogP contribution in [0.15, 0.2) is 53.2 Å². The highest BCUT2D eigenvalue weighted by atomic mass is 32.2. The van der Waals surface area contributed by atoms with E-state index in [4.69, 9.17) is 0 Å². The van der Waals surface area contributed by atoms with Crippen LogP contribution in [0.5, 0.6) is 0 Å². The fourth-order valence-corrected chi connectivity index (χ4v) is 4.52. The first-order valence-corrected chi connectivity index (χ1v) is 9.73. The van der Waals surface area contributed by atoms with Gasteiger partial charge in [0.05, 0.1) is 12.4 Å². The van der Waals surface area contributed by atoms with E-state index in [0.29, 0.717) is 5.41 Å². The van der Waals surface area contributed by atoms with Crippen molar-refractivity contribution in [2.75, 3.05) is 18.0 Å². The second-order valence-corrected chi connectivity index (χ2v) is 8.17. The Balaban J connectivity index is 1.56. The molecule has 128 valence electrons. The molecule has 1 aliphatic carbocycles. The molecule has 1 aliphatic heterocycles. The van der Waals surface area contributed by atoms with Gasteiger partial charge in [0.25, 0.3) is 0 Å². The summed E-state index contributed by atoms with van der Waals surface area (Å²) in [5, 5.41) is 0.948. The first-order chi connectivity index (χ1) is 11.7. The Morgan fingerprint density at radius 2 is 1.88 bits per heavy atom. The highest BCUT2D eigenvalue weighted by Gasteiger charge is 2.37. The molecule has 0 atom stereocenters. The zero-order valence-corrected chi connectivity index (χ0v) is 15.4. The molecular formula is C20H27N3S. The Bertz CT molecular complexity index is 602. The lowest BCUT2D eigenvalue weighted by molar-refractivity contribution is 0.226. The molecule has 0 radical (unpaired) electrons. The topological polar surface area (TPSA) is 29.0 Å². The van der Waals surface area contributed by atoms with Crippen molar-refractivity contribution in [3.63, 3.8) is 0 Å². The van der Waals surface area contributed by atoms with Crippen LogP contribution in [0.4, 0.5) is 5.82 Å². The van der Waals surface area contributed by atoms with E-state index in [1.54, 1.807) is 17.8 Å². The van der Waals surface area contributed by atoms with Gasteiger partial charge >= 0.3 is 0 Å². The van der Waals surface area contributed by atoms with Crippen molar-refractivity contribution in [1.82, 2.24) is 9.97 Å². The first-order valence-electron chi connectivity index (χ1n) is 8.92. The van der Waals surface area contributed by atoms with Gasteiger partial charge in [-0.25, -0.2) is 9.97 Å². The molecule has 1 aromatic rings. The van der Waals surface area contributed by atoms with Gasteiger partial charge in [-0.1, -0.05) is 55.5 Å². The van der Waals surface area contributed by atoms with E-state index in [2.05, 4.69) is 34.4 Å². The maximum Gasteiger partial charge on any atom is 0.147 e. The Labute approximate surface area is 150 Å². The quantitative estimate of drug-likeness (QED) is 0.531. The maximum absolute atomic E-state index is 4.65. The van der Waals surface area contributed by atoms with Gasteiger partial charge in [0, 0.05) is 13.1 Å². The number of thioether (sulfide) groups is 1. The molecule has 24 heavy (non-hydrogen) atoms. The molecule has 0 unspecified atom stereocenters. The molecule has 0 aromatic carbocycles. The number of piperidine rings is 1. The Hall–Kier alpha value is -1.55. The van der Waals surface area contributed by atoms with Gasteiger partial charge in [-0.15, -0.1) is 0 Å². The van der Waals surface area contributed by atoms with Crippen LogP contribution in [-0.4, -0.2) is 23.1 Å². The number of aromatic nitrogens is 2. The van der Waals surface area contributed by atoms with E-state index in [1.807, 2.05) is 24.5 Å². The lowest BCUT2D eigenvalue weighted by atomic mass is 9.77. The Morgan fingerprint density at radius 3 is 2.50 bits per heavy atom. The van der Waals surface area contributed by atoms with Crippen molar-refractivity contribution in [3.8, 4) is 0 Å². The average Bonchev–Trinajstić information content (AvgIpc) is 3.05. The summed E-state index contributed by atoms with van der Waals surface area (Å²) >= 11 is 1.65. The van der Waals surface area contributed by atoms with Crippen molar-refractivity contribution >= 4 is 17.6 Å². The van der Waals surface area contributed by atoms with Crippen molar-refractivity contribution in [1.29, 1.82) is 0 Å². The van der Waals surface area contributed by atoms with Gasteiger partial charge in [-0.05, 0) is 42.9 Å². The summed E-state index contributed by atoms with van der Waals surface area (Å²) in [5.74, 6) is 1.03. The largest absolute Gasteiger partial charge is 0.355 e. The highest BCUT2D eigenvalue weighted by molar-refractivity contribution is 8.03. The van der Waals surface area contributed by atoms with Gasteiger partial charge in [0.1, 0.15) is 10.8 Å². The van der Waals surface area contributed by atoms with Gasteiger partial charge in [-0.2, -0.15) is 0 Å². The molecule has 2 heterocycles. The molecule has 0 amide bonds. The van der Waals surface area contributed by atoms with Crippen molar-refractivity contribution in [2.45, 2.75) is 50.5 Å². The molecule has 3 rings (SSSR count). The third-order valence-corrected chi connectivity index (χ3v) is 6.15. The summed E-state index contributed by atoms with van der Waals surface area (Å²) in [6, 6.07) is 0.